The largest absolute Gasteiger partial charge is 0.296 e. The molecule has 0 bridgehead atoms. The monoisotopic (exact) mass is 191 g/mol. The minimum atomic E-state index is 0.940. The molecule has 0 unspecified atom stereocenters. The molecule has 0 amide bonds. The standard InChI is InChI=1S/C13H21N/c1-5-9-10-13(7-3)12-14(8-4)11-6-2/h5-7,9-10H,1-2,8,11-12H2,3-4H3/b10-9-,13-7+. The maximum Gasteiger partial charge on any atom is 0.0233 e. The molecule has 14 heavy (non-hydrogen) atoms. The summed E-state index contributed by atoms with van der Waals surface area (Å²) < 4.78 is 0. The normalized spacial score (nSPS) is 12.4. The molecule has 0 N–H and O–H groups in total. The molecule has 0 heterocycles. The number of hydrogen-bond acceptors (Lipinski definition) is 1. The molecule has 0 aliphatic rings. The summed E-state index contributed by atoms with van der Waals surface area (Å²) >= 11 is 0. The molecule has 78 valence electrons. The molecule has 0 aliphatic carbocycles. The Balaban J connectivity index is 4.21. The van der Waals surface area contributed by atoms with Gasteiger partial charge in [0.25, 0.3) is 0 Å². The number of nitrogens with zero attached hydrogens (tertiary/aromatic N) is 1. The average Bonchev–Trinajstić information content (AvgIpc) is 2.22. The smallest absolute Gasteiger partial charge is 0.0233 e. The predicted molar refractivity (Wildman–Crippen MR) is 65.4 cm³/mol. The van der Waals surface area contributed by atoms with Crippen LogP contribution in [0.4, 0.5) is 0 Å². The maximum atomic E-state index is 3.75. The fourth-order valence-corrected chi connectivity index (χ4v) is 1.18. The van der Waals surface area contributed by atoms with Gasteiger partial charge in [-0.05, 0) is 19.0 Å². The second kappa shape index (κ2) is 8.52. The van der Waals surface area contributed by atoms with E-state index in [9.17, 15) is 0 Å². The Kier molecular flexibility index (Phi) is 7.86. The Morgan fingerprint density at radius 2 is 2.07 bits per heavy atom. The van der Waals surface area contributed by atoms with Crippen molar-refractivity contribution in [2.45, 2.75) is 13.8 Å². The molecule has 0 fully saturated rings. The Morgan fingerprint density at radius 3 is 2.50 bits per heavy atom. The molecule has 0 aromatic heterocycles. The van der Waals surface area contributed by atoms with E-state index in [0.717, 1.165) is 19.6 Å². The Morgan fingerprint density at radius 1 is 1.36 bits per heavy atom. The van der Waals surface area contributed by atoms with Crippen LogP contribution in [0, 0.1) is 0 Å². The fraction of sp³-hybridized carbons (Fsp3) is 0.385. The first-order valence-corrected chi connectivity index (χ1v) is 5.06. The zero-order valence-electron chi connectivity index (χ0n) is 9.37. The summed E-state index contributed by atoms with van der Waals surface area (Å²) in [6.45, 7) is 14.6. The lowest BCUT2D eigenvalue weighted by Gasteiger charge is -2.18. The van der Waals surface area contributed by atoms with E-state index in [1.54, 1.807) is 6.08 Å². The van der Waals surface area contributed by atoms with Crippen molar-refractivity contribution in [3.05, 3.63) is 49.1 Å². The lowest BCUT2D eigenvalue weighted by atomic mass is 10.2. The van der Waals surface area contributed by atoms with Crippen molar-refractivity contribution in [3.63, 3.8) is 0 Å². The third-order valence-corrected chi connectivity index (χ3v) is 2.06. The van der Waals surface area contributed by atoms with E-state index in [1.807, 2.05) is 12.2 Å². The van der Waals surface area contributed by atoms with Crippen molar-refractivity contribution in [1.29, 1.82) is 0 Å². The van der Waals surface area contributed by atoms with Crippen molar-refractivity contribution < 1.29 is 0 Å². The van der Waals surface area contributed by atoms with Gasteiger partial charge in [-0.15, -0.1) is 6.58 Å². The number of rotatable bonds is 7. The molecule has 0 saturated carbocycles. The maximum absolute atomic E-state index is 3.75. The van der Waals surface area contributed by atoms with Crippen LogP contribution in [0.1, 0.15) is 13.8 Å². The molecule has 0 aliphatic heterocycles. The van der Waals surface area contributed by atoms with Crippen LogP contribution in [-0.2, 0) is 0 Å². The lowest BCUT2D eigenvalue weighted by molar-refractivity contribution is 0.349. The van der Waals surface area contributed by atoms with Gasteiger partial charge >= 0.3 is 0 Å². The SMILES string of the molecule is C=C/C=C\C(=C/C)CN(CC)CC=C. The van der Waals surface area contributed by atoms with Gasteiger partial charge in [0.05, 0.1) is 0 Å². The molecular formula is C13H21N. The molecule has 0 saturated heterocycles. The van der Waals surface area contributed by atoms with Crippen molar-refractivity contribution in [2.24, 2.45) is 0 Å². The van der Waals surface area contributed by atoms with Gasteiger partial charge in [0, 0.05) is 13.1 Å². The first-order chi connectivity index (χ1) is 6.78. The van der Waals surface area contributed by atoms with Gasteiger partial charge in [-0.1, -0.05) is 43.9 Å². The van der Waals surface area contributed by atoms with Crippen molar-refractivity contribution >= 4 is 0 Å². The summed E-state index contributed by atoms with van der Waals surface area (Å²) in [6, 6.07) is 0. The van der Waals surface area contributed by atoms with Crippen molar-refractivity contribution in [2.75, 3.05) is 19.6 Å². The van der Waals surface area contributed by atoms with Crippen LogP contribution in [0.2, 0.25) is 0 Å². The van der Waals surface area contributed by atoms with Crippen molar-refractivity contribution in [1.82, 2.24) is 4.90 Å². The van der Waals surface area contributed by atoms with Gasteiger partial charge in [-0.3, -0.25) is 4.90 Å². The Bertz CT molecular complexity index is 223. The summed E-state index contributed by atoms with van der Waals surface area (Å²) in [7, 11) is 0. The first kappa shape index (κ1) is 12.9. The summed E-state index contributed by atoms with van der Waals surface area (Å²) in [5, 5.41) is 0. The van der Waals surface area contributed by atoms with Crippen LogP contribution in [0.15, 0.2) is 49.1 Å². The van der Waals surface area contributed by atoms with Crippen LogP contribution in [0.5, 0.6) is 0 Å². The van der Waals surface area contributed by atoms with Crippen LogP contribution in [0.3, 0.4) is 0 Å². The van der Waals surface area contributed by atoms with E-state index >= 15 is 0 Å². The number of allylic oxidation sites excluding steroid dienone is 3. The summed E-state index contributed by atoms with van der Waals surface area (Å²) in [4.78, 5) is 2.33. The molecular weight excluding hydrogens is 170 g/mol. The predicted octanol–water partition coefficient (Wildman–Crippen LogP) is 3.18. The highest BCUT2D eigenvalue weighted by atomic mass is 15.1. The highest BCUT2D eigenvalue weighted by Gasteiger charge is 2.00. The van der Waals surface area contributed by atoms with Crippen LogP contribution >= 0.6 is 0 Å². The molecule has 0 spiro atoms. The topological polar surface area (TPSA) is 3.24 Å². The minimum Gasteiger partial charge on any atom is -0.296 e. The number of likely N-dealkylation sites (N-methyl/N-ethyl adjacent to an activating group) is 1. The Labute approximate surface area is 88.1 Å². The molecule has 0 rings (SSSR count). The van der Waals surface area contributed by atoms with Gasteiger partial charge in [0.2, 0.25) is 0 Å². The average molecular weight is 191 g/mol. The molecule has 1 heteroatoms. The molecule has 1 nitrogen and oxygen atoms in total. The third kappa shape index (κ3) is 5.55. The van der Waals surface area contributed by atoms with Gasteiger partial charge in [-0.2, -0.15) is 0 Å². The fourth-order valence-electron chi connectivity index (χ4n) is 1.18. The van der Waals surface area contributed by atoms with Gasteiger partial charge in [0.1, 0.15) is 0 Å². The van der Waals surface area contributed by atoms with Crippen LogP contribution in [-0.4, -0.2) is 24.5 Å². The summed E-state index contributed by atoms with van der Waals surface area (Å²) in [6.07, 6.45) is 9.93. The van der Waals surface area contributed by atoms with E-state index in [1.165, 1.54) is 5.57 Å². The highest BCUT2D eigenvalue weighted by molar-refractivity contribution is 5.22. The Hall–Kier alpha value is -1.08. The van der Waals surface area contributed by atoms with E-state index in [4.69, 9.17) is 0 Å². The molecule has 0 aromatic rings. The highest BCUT2D eigenvalue weighted by Crippen LogP contribution is 2.01. The molecule has 0 atom stereocenters. The van der Waals surface area contributed by atoms with Crippen LogP contribution < -0.4 is 0 Å². The summed E-state index contributed by atoms with van der Waals surface area (Å²) in [5.74, 6) is 0. The zero-order chi connectivity index (χ0) is 10.8. The number of hydrogen-bond donors (Lipinski definition) is 0. The quantitative estimate of drug-likeness (QED) is 0.441. The first-order valence-electron chi connectivity index (χ1n) is 5.06. The van der Waals surface area contributed by atoms with Crippen molar-refractivity contribution in [3.8, 4) is 0 Å². The van der Waals surface area contributed by atoms with Crippen LogP contribution in [0.25, 0.3) is 0 Å². The molecule has 0 radical (unpaired) electrons. The lowest BCUT2D eigenvalue weighted by Crippen LogP contribution is -2.25. The second-order valence-electron chi connectivity index (χ2n) is 3.07. The van der Waals surface area contributed by atoms with E-state index in [0.29, 0.717) is 0 Å². The molecule has 0 aromatic carbocycles. The zero-order valence-corrected chi connectivity index (χ0v) is 9.37. The van der Waals surface area contributed by atoms with E-state index in [-0.39, 0.29) is 0 Å². The van der Waals surface area contributed by atoms with Gasteiger partial charge in [-0.25, -0.2) is 0 Å². The van der Waals surface area contributed by atoms with E-state index < -0.39 is 0 Å². The summed E-state index contributed by atoms with van der Waals surface area (Å²) in [5.41, 5.74) is 1.31. The second-order valence-corrected chi connectivity index (χ2v) is 3.07. The third-order valence-electron chi connectivity index (χ3n) is 2.06. The minimum absolute atomic E-state index is 0.940. The van der Waals surface area contributed by atoms with Gasteiger partial charge in [0.15, 0.2) is 0 Å². The van der Waals surface area contributed by atoms with Gasteiger partial charge < -0.3 is 0 Å². The van der Waals surface area contributed by atoms with E-state index in [2.05, 4.69) is 44.1 Å².